The molecule has 0 saturated carbocycles. The Morgan fingerprint density at radius 3 is 1.87 bits per heavy atom. The van der Waals surface area contributed by atoms with Crippen LogP contribution in [-0.2, 0) is 30.4 Å². The van der Waals surface area contributed by atoms with E-state index in [9.17, 15) is 9.90 Å². The van der Waals surface area contributed by atoms with Crippen molar-refractivity contribution in [3.8, 4) is 0 Å². The smallest absolute Gasteiger partial charge is 0.870 e. The summed E-state index contributed by atoms with van der Waals surface area (Å²) in [7, 11) is 3.66. The van der Waals surface area contributed by atoms with Gasteiger partial charge in [-0.3, -0.25) is 0 Å². The van der Waals surface area contributed by atoms with E-state index in [4.69, 9.17) is 27.9 Å². The molecule has 0 spiro atoms. The van der Waals surface area contributed by atoms with E-state index in [0.717, 1.165) is 35.7 Å². The van der Waals surface area contributed by atoms with Crippen LogP contribution in [-0.4, -0.2) is 61.0 Å². The van der Waals surface area contributed by atoms with E-state index >= 15 is 0 Å². The van der Waals surface area contributed by atoms with Crippen LogP contribution in [0.2, 0.25) is 10.0 Å². The molecule has 1 aliphatic heterocycles. The van der Waals surface area contributed by atoms with Gasteiger partial charge in [-0.1, -0.05) is 83.9 Å². The zero-order valence-corrected chi connectivity index (χ0v) is 28.1. The van der Waals surface area contributed by atoms with Crippen molar-refractivity contribution in [3.63, 3.8) is 0 Å². The van der Waals surface area contributed by atoms with Crippen molar-refractivity contribution in [1.29, 1.82) is 0 Å². The molecule has 236 valence electrons. The van der Waals surface area contributed by atoms with E-state index < -0.39 is 6.10 Å². The first-order chi connectivity index (χ1) is 21.3. The zero-order valence-electron chi connectivity index (χ0n) is 26.5. The average molecular weight is 654 g/mol. The number of nitrogens with one attached hydrogen (secondary N) is 1. The van der Waals surface area contributed by atoms with Gasteiger partial charge in [0.15, 0.2) is 0 Å². The SMILES string of the molecule is CN1CC(C2c3ccccc3CCc3cc(Cl)ccc32)OC1=O.CNCC(O)C1c2ccccc2CCc2cc(Cl)ccc21.[Li+].[OH-]. The molecule has 46 heavy (non-hydrogen) atoms. The van der Waals surface area contributed by atoms with E-state index in [2.05, 4.69) is 72.0 Å². The average Bonchev–Trinajstić information content (AvgIpc) is 3.17. The Bertz CT molecular complexity index is 1670. The van der Waals surface area contributed by atoms with Crippen LogP contribution in [0.1, 0.15) is 56.3 Å². The standard InChI is InChI=1S/C19H18ClNO2.C18H20ClNO.Li.H2O/c1-21-11-17(23-19(21)22)18-15-5-3-2-4-12(15)6-7-13-10-14(20)8-9-16(13)18;1-20-11-17(21)18-15-5-3-2-4-12(15)6-7-13-10-14(19)8-9-16(13)18;;/h2-5,8-10,17-18H,6-7,11H2,1H3;2-5,8-10,17-18,20-21H,6-7,11H2,1H3;;1H2/q;;+1;/p-1. The van der Waals surface area contributed by atoms with Gasteiger partial charge in [0.25, 0.3) is 0 Å². The van der Waals surface area contributed by atoms with Crippen LogP contribution in [0.5, 0.6) is 0 Å². The largest absolute Gasteiger partial charge is 1.00 e. The second kappa shape index (κ2) is 15.9. The number of hydrogen-bond donors (Lipinski definition) is 2. The summed E-state index contributed by atoms with van der Waals surface area (Å²) in [6.07, 6.45) is 3.05. The number of benzene rings is 4. The topological polar surface area (TPSA) is 91.8 Å². The number of amides is 1. The van der Waals surface area contributed by atoms with E-state index in [0.29, 0.717) is 13.1 Å². The first-order valence-electron chi connectivity index (χ1n) is 15.3. The van der Waals surface area contributed by atoms with Crippen molar-refractivity contribution < 1.29 is 39.0 Å². The summed E-state index contributed by atoms with van der Waals surface area (Å²) in [5.74, 6) is 0.0679. The van der Waals surface area contributed by atoms with Crippen molar-refractivity contribution in [2.75, 3.05) is 27.2 Å². The molecule has 1 amide bonds. The molecule has 3 N–H and O–H groups in total. The van der Waals surface area contributed by atoms with E-state index in [-0.39, 0.29) is 48.4 Å². The molecular formula is C37H39Cl2LiN2O4. The monoisotopic (exact) mass is 652 g/mol. The summed E-state index contributed by atoms with van der Waals surface area (Å²) >= 11 is 12.4. The molecule has 7 rings (SSSR count). The summed E-state index contributed by atoms with van der Waals surface area (Å²) in [5, 5.41) is 15.3. The molecule has 1 heterocycles. The number of carbonyl (C=O) groups excluding carboxylic acids is 1. The number of cyclic esters (lactones) is 1. The maximum absolute atomic E-state index is 11.9. The van der Waals surface area contributed by atoms with Crippen LogP contribution in [0, 0.1) is 0 Å². The van der Waals surface area contributed by atoms with Gasteiger partial charge in [0, 0.05) is 35.5 Å². The van der Waals surface area contributed by atoms with E-state index in [1.807, 2.05) is 25.2 Å². The Hall–Kier alpha value is -2.79. The predicted molar refractivity (Wildman–Crippen MR) is 179 cm³/mol. The molecule has 0 aromatic heterocycles. The van der Waals surface area contributed by atoms with Gasteiger partial charge in [0.2, 0.25) is 0 Å². The molecular weight excluding hydrogens is 614 g/mol. The van der Waals surface area contributed by atoms with Gasteiger partial charge in [-0.25, -0.2) is 4.79 Å². The van der Waals surface area contributed by atoms with Gasteiger partial charge < -0.3 is 25.5 Å². The number of hydrogen-bond acceptors (Lipinski definition) is 5. The maximum Gasteiger partial charge on any atom is 1.00 e. The molecule has 2 aliphatic carbocycles. The van der Waals surface area contributed by atoms with Crippen molar-refractivity contribution in [2.45, 2.75) is 49.7 Å². The third kappa shape index (κ3) is 7.51. The van der Waals surface area contributed by atoms with Crippen LogP contribution in [0.25, 0.3) is 0 Å². The third-order valence-corrected chi connectivity index (χ3v) is 9.65. The number of ether oxygens (including phenoxy) is 1. The number of aryl methyl sites for hydroxylation is 4. The molecule has 0 radical (unpaired) electrons. The van der Waals surface area contributed by atoms with Crippen molar-refractivity contribution in [1.82, 2.24) is 10.2 Å². The number of likely N-dealkylation sites (N-methyl/N-ethyl adjacent to an activating group) is 2. The number of rotatable bonds is 4. The fraction of sp³-hybridized carbons (Fsp3) is 0.324. The summed E-state index contributed by atoms with van der Waals surface area (Å²) in [6.45, 7) is 1.18. The maximum atomic E-state index is 11.9. The number of halogens is 2. The Morgan fingerprint density at radius 2 is 1.28 bits per heavy atom. The fourth-order valence-electron chi connectivity index (χ4n) is 7.11. The quantitative estimate of drug-likeness (QED) is 0.325. The summed E-state index contributed by atoms with van der Waals surface area (Å²) in [6, 6.07) is 29.0. The van der Waals surface area contributed by atoms with Crippen LogP contribution in [0.4, 0.5) is 4.79 Å². The molecule has 4 atom stereocenters. The molecule has 1 fully saturated rings. The van der Waals surface area contributed by atoms with Gasteiger partial charge >= 0.3 is 25.0 Å². The van der Waals surface area contributed by atoms with Crippen molar-refractivity contribution in [2.24, 2.45) is 0 Å². The van der Waals surface area contributed by atoms with Gasteiger partial charge in [-0.05, 0) is 102 Å². The molecule has 9 heteroatoms. The number of fused-ring (bicyclic) bond motifs is 4. The number of aliphatic hydroxyl groups is 1. The Labute approximate surface area is 293 Å². The van der Waals surface area contributed by atoms with Crippen LogP contribution < -0.4 is 24.2 Å². The molecule has 0 bridgehead atoms. The van der Waals surface area contributed by atoms with E-state index in [1.54, 1.807) is 11.9 Å². The molecule has 3 aliphatic rings. The Balaban J connectivity index is 0.000000201. The normalized spacial score (nSPS) is 20.0. The van der Waals surface area contributed by atoms with Crippen LogP contribution >= 0.6 is 23.2 Å². The minimum absolute atomic E-state index is 0. The molecule has 4 unspecified atom stereocenters. The Kier molecular flexibility index (Phi) is 12.4. The van der Waals surface area contributed by atoms with E-state index in [1.165, 1.54) is 44.5 Å². The number of aliphatic hydroxyl groups excluding tert-OH is 1. The summed E-state index contributed by atoms with van der Waals surface area (Å²) in [4.78, 5) is 13.5. The van der Waals surface area contributed by atoms with Crippen LogP contribution in [0.15, 0.2) is 84.9 Å². The van der Waals surface area contributed by atoms with Gasteiger partial charge in [0.05, 0.1) is 12.6 Å². The molecule has 4 aromatic carbocycles. The van der Waals surface area contributed by atoms with Crippen LogP contribution in [0.3, 0.4) is 0 Å². The second-order valence-corrected chi connectivity index (χ2v) is 12.8. The van der Waals surface area contributed by atoms with Crippen molar-refractivity contribution >= 4 is 29.3 Å². The molecule has 1 saturated heterocycles. The predicted octanol–water partition coefficient (Wildman–Crippen LogP) is 4.00. The zero-order chi connectivity index (χ0) is 30.8. The summed E-state index contributed by atoms with van der Waals surface area (Å²) < 4.78 is 5.67. The first-order valence-corrected chi connectivity index (χ1v) is 16.1. The number of carbonyl (C=O) groups is 1. The molecule has 6 nitrogen and oxygen atoms in total. The second-order valence-electron chi connectivity index (χ2n) is 12.0. The Morgan fingerprint density at radius 1 is 0.804 bits per heavy atom. The first kappa shape index (κ1) is 36.1. The van der Waals surface area contributed by atoms with Crippen molar-refractivity contribution in [3.05, 3.63) is 139 Å². The molecule has 4 aromatic rings. The third-order valence-electron chi connectivity index (χ3n) is 9.18. The summed E-state index contributed by atoms with van der Waals surface area (Å²) in [5.41, 5.74) is 10.1. The van der Waals surface area contributed by atoms with Gasteiger partial charge in [-0.2, -0.15) is 0 Å². The fourth-order valence-corrected chi connectivity index (χ4v) is 7.50. The minimum atomic E-state index is -0.450. The minimum Gasteiger partial charge on any atom is -0.870 e. The van der Waals surface area contributed by atoms with Gasteiger partial charge in [-0.15, -0.1) is 0 Å². The van der Waals surface area contributed by atoms with Gasteiger partial charge in [0.1, 0.15) is 6.10 Å². The number of nitrogens with zero attached hydrogens (tertiary/aromatic N) is 1.